The molecule has 0 saturated heterocycles. The second-order valence-corrected chi connectivity index (χ2v) is 5.74. The molecule has 3 aromatic rings. The molecule has 2 aromatic heterocycles. The highest BCUT2D eigenvalue weighted by Crippen LogP contribution is 2.39. The van der Waals surface area contributed by atoms with E-state index in [2.05, 4.69) is 15.3 Å². The zero-order valence-corrected chi connectivity index (χ0v) is 13.0. The Hall–Kier alpha value is -2.59. The summed E-state index contributed by atoms with van der Waals surface area (Å²) < 4.78 is 5.82. The van der Waals surface area contributed by atoms with Crippen LogP contribution in [-0.4, -0.2) is 16.6 Å². The third kappa shape index (κ3) is 2.73. The zero-order chi connectivity index (χ0) is 15.6. The number of benzene rings is 1. The van der Waals surface area contributed by atoms with Gasteiger partial charge in [-0.2, -0.15) is 0 Å². The number of pyridine rings is 2. The van der Waals surface area contributed by atoms with E-state index in [0.29, 0.717) is 11.6 Å². The fraction of sp³-hybridized carbons (Fsp3) is 0.111. The molecule has 4 nitrogen and oxygen atoms in total. The van der Waals surface area contributed by atoms with Crippen LogP contribution in [0.3, 0.4) is 0 Å². The van der Waals surface area contributed by atoms with E-state index in [9.17, 15) is 0 Å². The van der Waals surface area contributed by atoms with Crippen molar-refractivity contribution in [2.24, 2.45) is 0 Å². The van der Waals surface area contributed by atoms with E-state index in [-0.39, 0.29) is 0 Å². The van der Waals surface area contributed by atoms with Gasteiger partial charge in [0, 0.05) is 52.4 Å². The molecule has 0 bridgehead atoms. The van der Waals surface area contributed by atoms with Crippen molar-refractivity contribution < 1.29 is 4.74 Å². The van der Waals surface area contributed by atoms with Crippen LogP contribution in [-0.2, 0) is 6.42 Å². The molecule has 0 aliphatic carbocycles. The maximum Gasteiger partial charge on any atom is 0.173 e. The fourth-order valence-corrected chi connectivity index (χ4v) is 2.85. The van der Waals surface area contributed by atoms with Gasteiger partial charge >= 0.3 is 0 Å². The lowest BCUT2D eigenvalue weighted by molar-refractivity contribution is 0.357. The van der Waals surface area contributed by atoms with Crippen LogP contribution in [0.15, 0.2) is 55.0 Å². The molecule has 0 saturated carbocycles. The summed E-state index contributed by atoms with van der Waals surface area (Å²) >= 11 is 5.92. The molecular weight excluding hydrogens is 310 g/mol. The molecule has 0 spiro atoms. The number of ether oxygens (including phenoxy) is 1. The van der Waals surface area contributed by atoms with Crippen LogP contribution >= 0.6 is 11.6 Å². The van der Waals surface area contributed by atoms with E-state index in [1.165, 1.54) is 5.56 Å². The van der Waals surface area contributed by atoms with Gasteiger partial charge in [-0.3, -0.25) is 4.98 Å². The van der Waals surface area contributed by atoms with Crippen LogP contribution in [0.4, 0.5) is 11.5 Å². The number of aromatic nitrogens is 2. The molecule has 0 fully saturated rings. The number of halogens is 1. The Balaban J connectivity index is 1.73. The first-order chi connectivity index (χ1) is 11.3. The van der Waals surface area contributed by atoms with E-state index in [1.54, 1.807) is 6.20 Å². The van der Waals surface area contributed by atoms with Crippen LogP contribution in [0.1, 0.15) is 5.56 Å². The Morgan fingerprint density at radius 2 is 1.96 bits per heavy atom. The predicted molar refractivity (Wildman–Crippen MR) is 91.4 cm³/mol. The van der Waals surface area contributed by atoms with E-state index < -0.39 is 0 Å². The Kier molecular flexibility index (Phi) is 3.60. The van der Waals surface area contributed by atoms with Gasteiger partial charge in [0.05, 0.1) is 6.61 Å². The van der Waals surface area contributed by atoms with Crippen LogP contribution in [0.25, 0.3) is 11.1 Å². The van der Waals surface area contributed by atoms with Crippen molar-refractivity contribution >= 4 is 23.1 Å². The lowest BCUT2D eigenvalue weighted by Gasteiger charge is -2.12. The predicted octanol–water partition coefficient (Wildman–Crippen LogP) is 4.48. The lowest BCUT2D eigenvalue weighted by Crippen LogP contribution is -1.98. The minimum absolute atomic E-state index is 0.670. The zero-order valence-electron chi connectivity index (χ0n) is 12.3. The number of hydrogen-bond donors (Lipinski definition) is 1. The van der Waals surface area contributed by atoms with E-state index in [4.69, 9.17) is 16.3 Å². The first-order valence-electron chi connectivity index (χ1n) is 7.39. The van der Waals surface area contributed by atoms with Crippen molar-refractivity contribution in [3.05, 3.63) is 65.6 Å². The standard InChI is InChI=1S/C18H14ClN3O/c19-13-3-5-14(6-4-13)22-18-17-15(7-9-23-17)16(11-21-18)12-2-1-8-20-10-12/h1-6,8,10-11H,7,9H2,(H,21,22). The summed E-state index contributed by atoms with van der Waals surface area (Å²) in [7, 11) is 0. The summed E-state index contributed by atoms with van der Waals surface area (Å²) in [6.07, 6.45) is 6.37. The number of anilines is 2. The minimum Gasteiger partial charge on any atom is -0.489 e. The molecule has 0 amide bonds. The summed E-state index contributed by atoms with van der Waals surface area (Å²) in [5.74, 6) is 1.55. The third-order valence-corrected chi connectivity index (χ3v) is 4.07. The number of nitrogens with one attached hydrogen (secondary N) is 1. The van der Waals surface area contributed by atoms with Crippen LogP contribution in [0.2, 0.25) is 5.02 Å². The van der Waals surface area contributed by atoms with Crippen molar-refractivity contribution in [2.45, 2.75) is 6.42 Å². The molecule has 0 unspecified atom stereocenters. The van der Waals surface area contributed by atoms with Gasteiger partial charge in [0.2, 0.25) is 0 Å². The number of hydrogen-bond acceptors (Lipinski definition) is 4. The third-order valence-electron chi connectivity index (χ3n) is 3.81. The topological polar surface area (TPSA) is 47.0 Å². The van der Waals surface area contributed by atoms with E-state index in [1.807, 2.05) is 48.8 Å². The van der Waals surface area contributed by atoms with Gasteiger partial charge in [0.1, 0.15) is 0 Å². The second-order valence-electron chi connectivity index (χ2n) is 5.30. The van der Waals surface area contributed by atoms with Gasteiger partial charge in [0.15, 0.2) is 11.6 Å². The molecule has 0 atom stereocenters. The molecule has 23 heavy (non-hydrogen) atoms. The second kappa shape index (κ2) is 5.89. The van der Waals surface area contributed by atoms with Crippen molar-refractivity contribution in [2.75, 3.05) is 11.9 Å². The van der Waals surface area contributed by atoms with Crippen LogP contribution in [0.5, 0.6) is 5.75 Å². The number of nitrogens with zero attached hydrogens (tertiary/aromatic N) is 2. The summed E-state index contributed by atoms with van der Waals surface area (Å²) in [5, 5.41) is 4.01. The van der Waals surface area contributed by atoms with E-state index in [0.717, 1.165) is 34.8 Å². The molecule has 1 N–H and O–H groups in total. The molecule has 3 heterocycles. The molecule has 1 aromatic carbocycles. The largest absolute Gasteiger partial charge is 0.489 e. The summed E-state index contributed by atoms with van der Waals surface area (Å²) in [4.78, 5) is 8.74. The molecule has 1 aliphatic heterocycles. The van der Waals surface area contributed by atoms with Gasteiger partial charge in [-0.25, -0.2) is 4.98 Å². The SMILES string of the molecule is Clc1ccc(Nc2ncc(-c3cccnc3)c3c2OCC3)cc1. The summed E-state index contributed by atoms with van der Waals surface area (Å²) in [6, 6.07) is 11.5. The molecule has 4 rings (SSSR count). The smallest absolute Gasteiger partial charge is 0.173 e. The highest BCUT2D eigenvalue weighted by molar-refractivity contribution is 6.30. The van der Waals surface area contributed by atoms with Gasteiger partial charge in [-0.15, -0.1) is 0 Å². The quantitative estimate of drug-likeness (QED) is 0.772. The van der Waals surface area contributed by atoms with E-state index >= 15 is 0 Å². The summed E-state index contributed by atoms with van der Waals surface area (Å²) in [6.45, 7) is 0.670. The highest BCUT2D eigenvalue weighted by atomic mass is 35.5. The van der Waals surface area contributed by atoms with Crippen molar-refractivity contribution in [1.82, 2.24) is 9.97 Å². The average Bonchev–Trinajstić information content (AvgIpc) is 3.08. The van der Waals surface area contributed by atoms with Crippen molar-refractivity contribution in [3.63, 3.8) is 0 Å². The maximum absolute atomic E-state index is 5.92. The summed E-state index contributed by atoms with van der Waals surface area (Å²) in [5.41, 5.74) is 4.23. The average molecular weight is 324 g/mol. The molecule has 5 heteroatoms. The normalized spacial score (nSPS) is 12.6. The monoisotopic (exact) mass is 323 g/mol. The Morgan fingerprint density at radius 3 is 2.74 bits per heavy atom. The van der Waals surface area contributed by atoms with Crippen LogP contribution in [0, 0.1) is 0 Å². The Labute approximate surface area is 139 Å². The Morgan fingerprint density at radius 1 is 1.09 bits per heavy atom. The van der Waals surface area contributed by atoms with Crippen molar-refractivity contribution in [3.8, 4) is 16.9 Å². The highest BCUT2D eigenvalue weighted by Gasteiger charge is 2.22. The molecule has 114 valence electrons. The number of rotatable bonds is 3. The van der Waals surface area contributed by atoms with Crippen molar-refractivity contribution in [1.29, 1.82) is 0 Å². The molecular formula is C18H14ClN3O. The first kappa shape index (κ1) is 14.0. The number of fused-ring (bicyclic) bond motifs is 1. The fourth-order valence-electron chi connectivity index (χ4n) is 2.72. The van der Waals surface area contributed by atoms with Gasteiger partial charge in [-0.05, 0) is 30.3 Å². The molecule has 1 aliphatic rings. The van der Waals surface area contributed by atoms with Gasteiger partial charge in [-0.1, -0.05) is 17.7 Å². The first-order valence-corrected chi connectivity index (χ1v) is 7.77. The lowest BCUT2D eigenvalue weighted by atomic mass is 10.0. The maximum atomic E-state index is 5.92. The Bertz CT molecular complexity index is 835. The van der Waals surface area contributed by atoms with Gasteiger partial charge in [0.25, 0.3) is 0 Å². The van der Waals surface area contributed by atoms with Gasteiger partial charge < -0.3 is 10.1 Å². The molecule has 0 radical (unpaired) electrons. The minimum atomic E-state index is 0.670. The van der Waals surface area contributed by atoms with Crippen LogP contribution < -0.4 is 10.1 Å².